The van der Waals surface area contributed by atoms with Gasteiger partial charge in [-0.1, -0.05) is 13.8 Å². The number of amides is 3. The van der Waals surface area contributed by atoms with Crippen LogP contribution in [0.4, 0.5) is 24.5 Å². The summed E-state index contributed by atoms with van der Waals surface area (Å²) in [5, 5.41) is 2.25. The Hall–Kier alpha value is -2.66. The van der Waals surface area contributed by atoms with Crippen molar-refractivity contribution in [3.05, 3.63) is 23.8 Å². The summed E-state index contributed by atoms with van der Waals surface area (Å²) in [6.07, 6.45) is -3.22. The lowest BCUT2D eigenvalue weighted by atomic mass is 10.1. The molecule has 0 spiro atoms. The van der Waals surface area contributed by atoms with Gasteiger partial charge in [0.1, 0.15) is 6.61 Å². The summed E-state index contributed by atoms with van der Waals surface area (Å²) in [5.41, 5.74) is 3.91. The number of primary amides is 1. The maximum atomic E-state index is 13.8. The van der Waals surface area contributed by atoms with Crippen LogP contribution in [0.2, 0.25) is 0 Å². The van der Waals surface area contributed by atoms with E-state index >= 15 is 0 Å². The number of anilines is 2. The van der Waals surface area contributed by atoms with E-state index in [1.54, 1.807) is 4.90 Å². The minimum atomic E-state index is -4.80. The Morgan fingerprint density at radius 1 is 1.31 bits per heavy atom. The molecule has 3 N–H and O–H groups in total. The fraction of sp³-hybridized carbons (Fsp3) is 0.571. The molecule has 1 aromatic carbocycles. The van der Waals surface area contributed by atoms with E-state index in [0.29, 0.717) is 6.54 Å². The highest BCUT2D eigenvalue weighted by Crippen LogP contribution is 2.38. The van der Waals surface area contributed by atoms with Gasteiger partial charge in [0, 0.05) is 24.8 Å². The fourth-order valence-corrected chi connectivity index (χ4v) is 3.77. The second kappa shape index (κ2) is 9.45. The highest BCUT2D eigenvalue weighted by atomic mass is 19.4. The molecule has 1 saturated carbocycles. The minimum Gasteiger partial charge on any atom is -0.370 e. The number of morpholine rings is 1. The van der Waals surface area contributed by atoms with E-state index in [-0.39, 0.29) is 37.4 Å². The predicted octanol–water partition coefficient (Wildman–Crippen LogP) is 1.98. The lowest BCUT2D eigenvalue weighted by molar-refractivity contribution is -0.137. The molecule has 0 radical (unpaired) electrons. The zero-order chi connectivity index (χ0) is 23.6. The first-order valence-corrected chi connectivity index (χ1v) is 10.4. The van der Waals surface area contributed by atoms with Gasteiger partial charge < -0.3 is 20.7 Å². The number of nitrogens with zero attached hydrogens (tertiary/aromatic N) is 2. The van der Waals surface area contributed by atoms with Crippen LogP contribution in [-0.4, -0.2) is 61.0 Å². The molecule has 1 saturated heterocycles. The molecule has 1 atom stereocenters. The van der Waals surface area contributed by atoms with Gasteiger partial charge in [-0.3, -0.25) is 19.3 Å². The third-order valence-electron chi connectivity index (χ3n) is 5.31. The van der Waals surface area contributed by atoms with Crippen molar-refractivity contribution >= 4 is 29.1 Å². The van der Waals surface area contributed by atoms with Crippen molar-refractivity contribution in [3.63, 3.8) is 0 Å². The Morgan fingerprint density at radius 2 is 2.00 bits per heavy atom. The van der Waals surface area contributed by atoms with Gasteiger partial charge in [0.25, 0.3) is 11.8 Å². The number of nitrogens with two attached hydrogens (primary N) is 1. The highest BCUT2D eigenvalue weighted by Gasteiger charge is 2.42. The second-order valence-corrected chi connectivity index (χ2v) is 8.44. The molecule has 2 fully saturated rings. The average Bonchev–Trinajstić information content (AvgIpc) is 3.52. The Balaban J connectivity index is 1.89. The number of ether oxygens (including phenoxy) is 1. The molecule has 0 unspecified atom stereocenters. The number of benzene rings is 1. The van der Waals surface area contributed by atoms with Crippen molar-refractivity contribution < 1.29 is 32.3 Å². The number of carbonyl (C=O) groups is 3. The molecule has 1 aliphatic carbocycles. The summed E-state index contributed by atoms with van der Waals surface area (Å²) in [6.45, 7) is 4.36. The van der Waals surface area contributed by atoms with Gasteiger partial charge in [0.2, 0.25) is 5.91 Å². The van der Waals surface area contributed by atoms with E-state index in [0.717, 1.165) is 25.0 Å². The smallest absolute Gasteiger partial charge is 0.370 e. The van der Waals surface area contributed by atoms with Crippen LogP contribution in [-0.2, 0) is 25.3 Å². The summed E-state index contributed by atoms with van der Waals surface area (Å²) >= 11 is 0. The molecule has 1 heterocycles. The Bertz CT molecular complexity index is 886. The Morgan fingerprint density at radius 3 is 2.53 bits per heavy atom. The summed E-state index contributed by atoms with van der Waals surface area (Å²) < 4.78 is 46.4. The first-order valence-electron chi connectivity index (χ1n) is 10.4. The first-order chi connectivity index (χ1) is 15.0. The quantitative estimate of drug-likeness (QED) is 0.582. The van der Waals surface area contributed by atoms with E-state index in [2.05, 4.69) is 5.32 Å². The van der Waals surface area contributed by atoms with Crippen LogP contribution in [0.5, 0.6) is 0 Å². The summed E-state index contributed by atoms with van der Waals surface area (Å²) in [4.78, 5) is 39.9. The van der Waals surface area contributed by atoms with Crippen molar-refractivity contribution in [2.75, 3.05) is 36.5 Å². The van der Waals surface area contributed by atoms with Gasteiger partial charge >= 0.3 is 6.18 Å². The topological polar surface area (TPSA) is 105 Å². The van der Waals surface area contributed by atoms with Crippen molar-refractivity contribution in [1.82, 2.24) is 4.90 Å². The summed E-state index contributed by atoms with van der Waals surface area (Å²) in [5.74, 6) is -2.16. The Labute approximate surface area is 183 Å². The summed E-state index contributed by atoms with van der Waals surface area (Å²) in [6, 6.07) is 1.83. The van der Waals surface area contributed by atoms with Crippen molar-refractivity contribution in [2.24, 2.45) is 11.7 Å². The van der Waals surface area contributed by atoms with Gasteiger partial charge in [-0.2, -0.15) is 13.2 Å². The number of rotatable bonds is 8. The monoisotopic (exact) mass is 456 g/mol. The molecule has 32 heavy (non-hydrogen) atoms. The average molecular weight is 456 g/mol. The van der Waals surface area contributed by atoms with Crippen molar-refractivity contribution in [2.45, 2.75) is 44.9 Å². The SMILES string of the molecule is CC(C)CN(C1CC1)[C@H](C(N)=O)C(=O)Nc1ccc(N2CCOCC2=O)cc1C(F)(F)F. The molecule has 3 amide bonds. The van der Waals surface area contributed by atoms with Crippen LogP contribution in [0.25, 0.3) is 0 Å². The van der Waals surface area contributed by atoms with E-state index in [9.17, 15) is 27.6 Å². The van der Waals surface area contributed by atoms with E-state index in [1.807, 2.05) is 13.8 Å². The van der Waals surface area contributed by atoms with Crippen LogP contribution in [0, 0.1) is 5.92 Å². The second-order valence-electron chi connectivity index (χ2n) is 8.44. The van der Waals surface area contributed by atoms with Gasteiger partial charge in [0.05, 0.1) is 17.9 Å². The number of carbonyl (C=O) groups excluding carboxylic acids is 3. The molecule has 0 bridgehead atoms. The highest BCUT2D eigenvalue weighted by molar-refractivity contribution is 6.10. The molecule has 1 aliphatic heterocycles. The maximum Gasteiger partial charge on any atom is 0.418 e. The summed E-state index contributed by atoms with van der Waals surface area (Å²) in [7, 11) is 0. The maximum absolute atomic E-state index is 13.8. The van der Waals surface area contributed by atoms with Gasteiger partial charge in [0.15, 0.2) is 6.04 Å². The molecule has 3 rings (SSSR count). The van der Waals surface area contributed by atoms with E-state index in [4.69, 9.17) is 10.5 Å². The number of alkyl halides is 3. The molecular weight excluding hydrogens is 429 g/mol. The number of hydrogen-bond donors (Lipinski definition) is 2. The standard InChI is InChI=1S/C21H27F3N4O4/c1-12(2)10-28(13-3-4-13)18(19(25)30)20(31)26-16-6-5-14(9-15(16)21(22,23)24)27-7-8-32-11-17(27)29/h5-6,9,12-13,18H,3-4,7-8,10-11H2,1-2H3,(H2,25,30)(H,26,31)/t18-/m1/s1. The van der Waals surface area contributed by atoms with Crippen molar-refractivity contribution in [3.8, 4) is 0 Å². The predicted molar refractivity (Wildman–Crippen MR) is 111 cm³/mol. The number of nitrogens with one attached hydrogen (secondary N) is 1. The third-order valence-corrected chi connectivity index (χ3v) is 5.31. The van der Waals surface area contributed by atoms with E-state index in [1.165, 1.54) is 11.0 Å². The van der Waals surface area contributed by atoms with Crippen LogP contribution >= 0.6 is 0 Å². The van der Waals surface area contributed by atoms with E-state index < -0.39 is 41.2 Å². The number of hydrogen-bond acceptors (Lipinski definition) is 5. The van der Waals surface area contributed by atoms with Crippen LogP contribution in [0.15, 0.2) is 18.2 Å². The molecule has 176 valence electrons. The molecule has 8 nitrogen and oxygen atoms in total. The number of halogens is 3. The van der Waals surface area contributed by atoms with Crippen molar-refractivity contribution in [1.29, 1.82) is 0 Å². The van der Waals surface area contributed by atoms with Gasteiger partial charge in [-0.05, 0) is 37.0 Å². The minimum absolute atomic E-state index is 0.00237. The lowest BCUT2D eigenvalue weighted by Crippen LogP contribution is -2.54. The third kappa shape index (κ3) is 5.57. The van der Waals surface area contributed by atoms with Crippen LogP contribution in [0.1, 0.15) is 32.3 Å². The van der Waals surface area contributed by atoms with Gasteiger partial charge in [-0.25, -0.2) is 0 Å². The Kier molecular flexibility index (Phi) is 7.09. The first kappa shape index (κ1) is 24.0. The van der Waals surface area contributed by atoms with Crippen LogP contribution < -0.4 is 16.0 Å². The normalized spacial score (nSPS) is 18.2. The largest absolute Gasteiger partial charge is 0.418 e. The molecule has 2 aliphatic rings. The lowest BCUT2D eigenvalue weighted by Gasteiger charge is -2.31. The molecular formula is C21H27F3N4O4. The molecule has 0 aromatic heterocycles. The van der Waals surface area contributed by atoms with Gasteiger partial charge in [-0.15, -0.1) is 0 Å². The zero-order valence-corrected chi connectivity index (χ0v) is 17.9. The fourth-order valence-electron chi connectivity index (χ4n) is 3.77. The zero-order valence-electron chi connectivity index (χ0n) is 17.9. The van der Waals surface area contributed by atoms with Crippen LogP contribution in [0.3, 0.4) is 0 Å². The molecule has 11 heteroatoms. The molecule has 1 aromatic rings.